The van der Waals surface area contributed by atoms with E-state index in [1.165, 1.54) is 0 Å². The lowest BCUT2D eigenvalue weighted by atomic mass is 10.00. The van der Waals surface area contributed by atoms with Gasteiger partial charge in [-0.05, 0) is 29.8 Å². The van der Waals surface area contributed by atoms with Crippen molar-refractivity contribution in [3.05, 3.63) is 60.2 Å². The minimum Gasteiger partial charge on any atom is -0.497 e. The Hall–Kier alpha value is -1.89. The van der Waals surface area contributed by atoms with Crippen LogP contribution in [0.2, 0.25) is 0 Å². The number of hydrogen-bond acceptors (Lipinski definition) is 5. The zero-order chi connectivity index (χ0) is 18.1. The molecule has 0 radical (unpaired) electrons. The Morgan fingerprint density at radius 3 is 2.20 bits per heavy atom. The molecule has 25 heavy (non-hydrogen) atoms. The Morgan fingerprint density at radius 1 is 1.04 bits per heavy atom. The average molecular weight is 361 g/mol. The summed E-state index contributed by atoms with van der Waals surface area (Å²) in [6.07, 6.45) is 0. The van der Waals surface area contributed by atoms with E-state index in [1.807, 2.05) is 24.3 Å². The van der Waals surface area contributed by atoms with Gasteiger partial charge < -0.3 is 15.2 Å². The van der Waals surface area contributed by atoms with E-state index in [4.69, 9.17) is 15.2 Å². The molecule has 3 atom stereocenters. The fourth-order valence-electron chi connectivity index (χ4n) is 3.76. The van der Waals surface area contributed by atoms with Gasteiger partial charge in [0, 0.05) is 25.0 Å². The van der Waals surface area contributed by atoms with Crippen molar-refractivity contribution in [2.75, 3.05) is 27.4 Å². The fourth-order valence-corrected chi connectivity index (χ4v) is 6.23. The molecule has 1 saturated carbocycles. The Bertz CT molecular complexity index is 820. The third-order valence-corrected chi connectivity index (χ3v) is 7.39. The second-order valence-corrected chi connectivity index (χ2v) is 8.47. The molecule has 0 amide bonds. The zero-order valence-electron chi connectivity index (χ0n) is 14.4. The predicted octanol–water partition coefficient (Wildman–Crippen LogP) is 2.23. The van der Waals surface area contributed by atoms with Crippen molar-refractivity contribution in [3.8, 4) is 5.75 Å². The largest absolute Gasteiger partial charge is 0.497 e. The van der Waals surface area contributed by atoms with Crippen LogP contribution in [-0.4, -0.2) is 41.0 Å². The van der Waals surface area contributed by atoms with E-state index in [-0.39, 0.29) is 12.5 Å². The summed E-state index contributed by atoms with van der Waals surface area (Å²) in [7, 11) is -0.334. The highest BCUT2D eigenvalue weighted by atomic mass is 32.2. The van der Waals surface area contributed by atoms with E-state index in [0.717, 1.165) is 11.3 Å². The van der Waals surface area contributed by atoms with Gasteiger partial charge in [0.2, 0.25) is 0 Å². The van der Waals surface area contributed by atoms with Crippen LogP contribution < -0.4 is 10.5 Å². The molecule has 2 aromatic rings. The smallest absolute Gasteiger partial charge is 0.182 e. The molecule has 0 spiro atoms. The van der Waals surface area contributed by atoms with Crippen molar-refractivity contribution in [1.82, 2.24) is 0 Å². The van der Waals surface area contributed by atoms with Crippen LogP contribution in [0.5, 0.6) is 5.75 Å². The number of methoxy groups -OCH3 is 2. The number of benzene rings is 2. The van der Waals surface area contributed by atoms with E-state index in [2.05, 4.69) is 0 Å². The van der Waals surface area contributed by atoms with Crippen LogP contribution in [-0.2, 0) is 14.6 Å². The lowest BCUT2D eigenvalue weighted by molar-refractivity contribution is 0.142. The first-order valence-electron chi connectivity index (χ1n) is 8.13. The number of rotatable bonds is 7. The Labute approximate surface area is 148 Å². The summed E-state index contributed by atoms with van der Waals surface area (Å²) in [5.74, 6) is 0.533. The molecule has 1 aliphatic carbocycles. The minimum absolute atomic E-state index is 0.200. The van der Waals surface area contributed by atoms with E-state index < -0.39 is 20.5 Å². The minimum atomic E-state index is -3.51. The Morgan fingerprint density at radius 2 is 1.68 bits per heavy atom. The van der Waals surface area contributed by atoms with Crippen LogP contribution in [0.4, 0.5) is 0 Å². The first-order valence-corrected chi connectivity index (χ1v) is 9.68. The summed E-state index contributed by atoms with van der Waals surface area (Å²) in [6, 6.07) is 16.0. The van der Waals surface area contributed by atoms with Crippen molar-refractivity contribution in [1.29, 1.82) is 0 Å². The highest BCUT2D eigenvalue weighted by molar-refractivity contribution is 7.92. The molecular formula is C19H23NO4S. The molecule has 134 valence electrons. The molecule has 6 heteroatoms. The molecule has 0 bridgehead atoms. The highest BCUT2D eigenvalue weighted by Gasteiger charge is 2.70. The molecule has 5 nitrogen and oxygen atoms in total. The standard InChI is InChI=1S/C19H23NO4S/c1-23-13-19(12-20)17(14-8-10-15(24-2)11-9-14)18(19)25(21,22)16-6-4-3-5-7-16/h3-11,17-18H,12-13,20H2,1-2H3/t17-,18+,19+/m0/s1. The van der Waals surface area contributed by atoms with Gasteiger partial charge in [-0.2, -0.15) is 0 Å². The highest BCUT2D eigenvalue weighted by Crippen LogP contribution is 2.63. The lowest BCUT2D eigenvalue weighted by Crippen LogP contribution is -2.28. The third kappa shape index (κ3) is 2.94. The summed E-state index contributed by atoms with van der Waals surface area (Å²) in [5, 5.41) is -0.597. The maximum atomic E-state index is 13.2. The van der Waals surface area contributed by atoms with Crippen molar-refractivity contribution in [2.45, 2.75) is 16.1 Å². The van der Waals surface area contributed by atoms with Gasteiger partial charge in [-0.1, -0.05) is 30.3 Å². The first kappa shape index (κ1) is 17.9. The number of ether oxygens (including phenoxy) is 2. The van der Waals surface area contributed by atoms with Gasteiger partial charge in [0.1, 0.15) is 5.75 Å². The summed E-state index contributed by atoms with van der Waals surface area (Å²) < 4.78 is 37.0. The molecule has 0 aromatic heterocycles. The predicted molar refractivity (Wildman–Crippen MR) is 96.5 cm³/mol. The lowest BCUT2D eigenvalue weighted by Gasteiger charge is -2.15. The molecule has 2 N–H and O–H groups in total. The molecule has 2 aromatic carbocycles. The molecular weight excluding hydrogens is 338 g/mol. The van der Waals surface area contributed by atoms with Gasteiger partial charge in [-0.25, -0.2) is 8.42 Å². The number of hydrogen-bond donors (Lipinski definition) is 1. The monoisotopic (exact) mass is 361 g/mol. The van der Waals surface area contributed by atoms with Crippen molar-refractivity contribution in [2.24, 2.45) is 11.1 Å². The van der Waals surface area contributed by atoms with Gasteiger partial charge >= 0.3 is 0 Å². The molecule has 0 unspecified atom stereocenters. The second kappa shape index (κ2) is 6.78. The maximum Gasteiger partial charge on any atom is 0.182 e. The summed E-state index contributed by atoms with van der Waals surface area (Å²) in [4.78, 5) is 0.324. The summed E-state index contributed by atoms with van der Waals surface area (Å²) in [5.41, 5.74) is 6.36. The van der Waals surface area contributed by atoms with E-state index in [0.29, 0.717) is 11.5 Å². The van der Waals surface area contributed by atoms with Crippen LogP contribution in [0.25, 0.3) is 0 Å². The van der Waals surface area contributed by atoms with Crippen LogP contribution >= 0.6 is 0 Å². The van der Waals surface area contributed by atoms with Gasteiger partial charge in [-0.3, -0.25) is 0 Å². The Balaban J connectivity index is 2.03. The van der Waals surface area contributed by atoms with Gasteiger partial charge in [0.25, 0.3) is 0 Å². The van der Waals surface area contributed by atoms with E-state index >= 15 is 0 Å². The molecule has 0 saturated heterocycles. The fraction of sp³-hybridized carbons (Fsp3) is 0.368. The quantitative estimate of drug-likeness (QED) is 0.818. The van der Waals surface area contributed by atoms with Gasteiger partial charge in [0.05, 0.1) is 23.9 Å². The van der Waals surface area contributed by atoms with E-state index in [9.17, 15) is 8.42 Å². The zero-order valence-corrected chi connectivity index (χ0v) is 15.2. The second-order valence-electron chi connectivity index (χ2n) is 6.40. The molecule has 1 aliphatic rings. The van der Waals surface area contributed by atoms with Crippen LogP contribution in [0, 0.1) is 5.41 Å². The van der Waals surface area contributed by atoms with Crippen molar-refractivity contribution >= 4 is 9.84 Å². The average Bonchev–Trinajstić information content (AvgIpc) is 3.32. The van der Waals surface area contributed by atoms with Crippen LogP contribution in [0.1, 0.15) is 11.5 Å². The molecule has 0 heterocycles. The molecule has 3 rings (SSSR count). The normalized spacial score (nSPS) is 25.6. The van der Waals surface area contributed by atoms with Crippen molar-refractivity contribution < 1.29 is 17.9 Å². The third-order valence-electron chi connectivity index (χ3n) is 5.05. The summed E-state index contributed by atoms with van der Waals surface area (Å²) >= 11 is 0. The van der Waals surface area contributed by atoms with Gasteiger partial charge in [0.15, 0.2) is 9.84 Å². The SMILES string of the molecule is COC[C@@]1(CN)[C@H](S(=O)(=O)c2ccccc2)[C@@H]1c1ccc(OC)cc1. The number of sulfone groups is 1. The van der Waals surface area contributed by atoms with E-state index in [1.54, 1.807) is 44.6 Å². The first-order chi connectivity index (χ1) is 12.0. The maximum absolute atomic E-state index is 13.2. The number of nitrogens with two attached hydrogens (primary N) is 1. The van der Waals surface area contributed by atoms with Crippen LogP contribution in [0.3, 0.4) is 0 Å². The van der Waals surface area contributed by atoms with Crippen LogP contribution in [0.15, 0.2) is 59.5 Å². The Kier molecular flexibility index (Phi) is 4.86. The molecule has 0 aliphatic heterocycles. The summed E-state index contributed by atoms with van der Waals surface area (Å²) in [6.45, 7) is 0.547. The molecule has 1 fully saturated rings. The van der Waals surface area contributed by atoms with Gasteiger partial charge in [-0.15, -0.1) is 0 Å². The topological polar surface area (TPSA) is 78.6 Å². The van der Waals surface area contributed by atoms with Crippen molar-refractivity contribution in [3.63, 3.8) is 0 Å².